The number of morpholine rings is 1. The van der Waals surface area contributed by atoms with Crippen molar-refractivity contribution < 1.29 is 4.74 Å². The van der Waals surface area contributed by atoms with E-state index in [1.165, 1.54) is 32.5 Å². The van der Waals surface area contributed by atoms with Crippen molar-refractivity contribution in [3.8, 4) is 0 Å². The molecule has 4 heteroatoms. The Hall–Kier alpha value is -0.160. The summed E-state index contributed by atoms with van der Waals surface area (Å²) in [6.07, 6.45) is 2.68. The molecule has 2 aliphatic heterocycles. The van der Waals surface area contributed by atoms with E-state index in [4.69, 9.17) is 4.74 Å². The van der Waals surface area contributed by atoms with Crippen molar-refractivity contribution in [1.29, 1.82) is 0 Å². The maximum absolute atomic E-state index is 5.41. The van der Waals surface area contributed by atoms with Gasteiger partial charge in [-0.25, -0.2) is 0 Å². The summed E-state index contributed by atoms with van der Waals surface area (Å²) < 4.78 is 5.41. The molecule has 2 unspecified atom stereocenters. The van der Waals surface area contributed by atoms with Gasteiger partial charge >= 0.3 is 0 Å². The molecule has 2 fully saturated rings. The molecule has 2 atom stereocenters. The number of hydrogen-bond acceptors (Lipinski definition) is 4. The number of ether oxygens (including phenoxy) is 1. The number of likely N-dealkylation sites (N-methyl/N-ethyl adjacent to an activating group) is 1. The molecule has 4 nitrogen and oxygen atoms in total. The second kappa shape index (κ2) is 7.43. The molecule has 2 rings (SSSR count). The highest BCUT2D eigenvalue weighted by Gasteiger charge is 2.24. The van der Waals surface area contributed by atoms with Crippen LogP contribution in [-0.2, 0) is 4.74 Å². The van der Waals surface area contributed by atoms with Gasteiger partial charge in [-0.15, -0.1) is 0 Å². The van der Waals surface area contributed by atoms with Gasteiger partial charge in [-0.3, -0.25) is 9.80 Å². The molecule has 0 saturated carbocycles. The minimum absolute atomic E-state index is 0.671. The van der Waals surface area contributed by atoms with Gasteiger partial charge < -0.3 is 10.1 Å². The van der Waals surface area contributed by atoms with Crippen molar-refractivity contribution in [3.05, 3.63) is 0 Å². The minimum Gasteiger partial charge on any atom is -0.379 e. The third-order valence-corrected chi connectivity index (χ3v) is 4.20. The zero-order valence-electron chi connectivity index (χ0n) is 12.0. The second-order valence-electron chi connectivity index (χ2n) is 5.65. The Morgan fingerprint density at radius 1 is 1.28 bits per heavy atom. The van der Waals surface area contributed by atoms with Gasteiger partial charge in [0.25, 0.3) is 0 Å². The summed E-state index contributed by atoms with van der Waals surface area (Å²) in [5.41, 5.74) is 0. The highest BCUT2D eigenvalue weighted by atomic mass is 16.5. The van der Waals surface area contributed by atoms with Gasteiger partial charge in [0, 0.05) is 38.3 Å². The normalized spacial score (nSPS) is 29.3. The first-order valence-corrected chi connectivity index (χ1v) is 7.57. The van der Waals surface area contributed by atoms with Crippen molar-refractivity contribution in [3.63, 3.8) is 0 Å². The van der Waals surface area contributed by atoms with Gasteiger partial charge in [0.1, 0.15) is 0 Å². The number of piperidine rings is 1. The Bertz CT molecular complexity index is 229. The van der Waals surface area contributed by atoms with E-state index in [0.717, 1.165) is 32.8 Å². The number of nitrogens with one attached hydrogen (secondary N) is 1. The maximum atomic E-state index is 5.41. The van der Waals surface area contributed by atoms with E-state index in [-0.39, 0.29) is 0 Å². The molecular formula is C14H29N3O. The second-order valence-corrected chi connectivity index (χ2v) is 5.65. The molecule has 2 heterocycles. The number of likely N-dealkylation sites (tertiary alicyclic amines) is 1. The summed E-state index contributed by atoms with van der Waals surface area (Å²) in [6, 6.07) is 1.38. The van der Waals surface area contributed by atoms with Crippen LogP contribution in [0.25, 0.3) is 0 Å². The van der Waals surface area contributed by atoms with Gasteiger partial charge in [-0.2, -0.15) is 0 Å². The Morgan fingerprint density at radius 3 is 2.78 bits per heavy atom. The van der Waals surface area contributed by atoms with Gasteiger partial charge in [-0.05, 0) is 32.9 Å². The molecule has 18 heavy (non-hydrogen) atoms. The molecule has 0 aromatic carbocycles. The lowest BCUT2D eigenvalue weighted by Gasteiger charge is -2.39. The molecule has 106 valence electrons. The molecule has 0 aromatic rings. The summed E-state index contributed by atoms with van der Waals surface area (Å²) in [5.74, 6) is 0. The van der Waals surface area contributed by atoms with Gasteiger partial charge in [0.15, 0.2) is 0 Å². The van der Waals surface area contributed by atoms with Gasteiger partial charge in [-0.1, -0.05) is 6.92 Å². The SMILES string of the molecule is CCNC1CCCN(C(C)CN2CCOCC2)C1. The van der Waals surface area contributed by atoms with Crippen LogP contribution >= 0.6 is 0 Å². The van der Waals surface area contributed by atoms with Crippen LogP contribution in [0.1, 0.15) is 26.7 Å². The fraction of sp³-hybridized carbons (Fsp3) is 1.00. The molecule has 0 radical (unpaired) electrons. The molecule has 2 saturated heterocycles. The maximum Gasteiger partial charge on any atom is 0.0594 e. The van der Waals surface area contributed by atoms with Crippen LogP contribution in [0.15, 0.2) is 0 Å². The van der Waals surface area contributed by atoms with Crippen LogP contribution in [0.2, 0.25) is 0 Å². The van der Waals surface area contributed by atoms with Crippen LogP contribution in [-0.4, -0.2) is 74.4 Å². The number of rotatable bonds is 5. The molecule has 0 bridgehead atoms. The fourth-order valence-corrected chi connectivity index (χ4v) is 3.13. The van der Waals surface area contributed by atoms with E-state index in [0.29, 0.717) is 12.1 Å². The van der Waals surface area contributed by atoms with E-state index in [1.807, 2.05) is 0 Å². The average Bonchev–Trinajstić information content (AvgIpc) is 2.40. The van der Waals surface area contributed by atoms with Gasteiger partial charge in [0.05, 0.1) is 13.2 Å². The standard InChI is InChI=1S/C14H29N3O/c1-3-15-14-5-4-6-17(12-14)13(2)11-16-7-9-18-10-8-16/h13-15H,3-12H2,1-2H3. The van der Waals surface area contributed by atoms with Crippen LogP contribution in [0, 0.1) is 0 Å². The first-order chi connectivity index (χ1) is 8.79. The molecular weight excluding hydrogens is 226 g/mol. The minimum atomic E-state index is 0.671. The fourth-order valence-electron chi connectivity index (χ4n) is 3.13. The predicted molar refractivity (Wildman–Crippen MR) is 75.0 cm³/mol. The summed E-state index contributed by atoms with van der Waals surface area (Å²) in [4.78, 5) is 5.21. The smallest absolute Gasteiger partial charge is 0.0594 e. The topological polar surface area (TPSA) is 27.7 Å². The van der Waals surface area contributed by atoms with Crippen molar-refractivity contribution in [1.82, 2.24) is 15.1 Å². The highest BCUT2D eigenvalue weighted by Crippen LogP contribution is 2.14. The lowest BCUT2D eigenvalue weighted by atomic mass is 10.0. The Labute approximate surface area is 112 Å². The first-order valence-electron chi connectivity index (χ1n) is 7.57. The van der Waals surface area contributed by atoms with Gasteiger partial charge in [0.2, 0.25) is 0 Å². The summed E-state index contributed by atoms with van der Waals surface area (Å²) in [6.45, 7) is 13.4. The lowest BCUT2D eigenvalue weighted by molar-refractivity contribution is 0.0208. The quantitative estimate of drug-likeness (QED) is 0.786. The van der Waals surface area contributed by atoms with E-state index in [1.54, 1.807) is 0 Å². The van der Waals surface area contributed by atoms with E-state index >= 15 is 0 Å². The number of nitrogens with zero attached hydrogens (tertiary/aromatic N) is 2. The van der Waals surface area contributed by atoms with Crippen molar-refractivity contribution in [2.24, 2.45) is 0 Å². The van der Waals surface area contributed by atoms with Crippen molar-refractivity contribution >= 4 is 0 Å². The van der Waals surface area contributed by atoms with Crippen LogP contribution < -0.4 is 5.32 Å². The first kappa shape index (κ1) is 14.3. The Morgan fingerprint density at radius 2 is 2.06 bits per heavy atom. The average molecular weight is 255 g/mol. The lowest BCUT2D eigenvalue weighted by Crippen LogP contribution is -2.52. The van der Waals surface area contributed by atoms with Crippen LogP contribution in [0.4, 0.5) is 0 Å². The summed E-state index contributed by atoms with van der Waals surface area (Å²) >= 11 is 0. The Kier molecular flexibility index (Phi) is 5.89. The Balaban J connectivity index is 1.74. The third kappa shape index (κ3) is 4.19. The highest BCUT2D eigenvalue weighted by molar-refractivity contribution is 4.82. The van der Waals surface area contributed by atoms with Crippen molar-refractivity contribution in [2.45, 2.75) is 38.8 Å². The van der Waals surface area contributed by atoms with Crippen LogP contribution in [0.5, 0.6) is 0 Å². The molecule has 0 aromatic heterocycles. The van der Waals surface area contributed by atoms with E-state index in [2.05, 4.69) is 29.0 Å². The van der Waals surface area contributed by atoms with Crippen LogP contribution in [0.3, 0.4) is 0 Å². The van der Waals surface area contributed by atoms with Crippen molar-refractivity contribution in [2.75, 3.05) is 52.5 Å². The zero-order chi connectivity index (χ0) is 12.8. The van der Waals surface area contributed by atoms with E-state index < -0.39 is 0 Å². The number of hydrogen-bond donors (Lipinski definition) is 1. The molecule has 0 amide bonds. The monoisotopic (exact) mass is 255 g/mol. The third-order valence-electron chi connectivity index (χ3n) is 4.20. The van der Waals surface area contributed by atoms with E-state index in [9.17, 15) is 0 Å². The molecule has 0 spiro atoms. The molecule has 0 aliphatic carbocycles. The predicted octanol–water partition coefficient (Wildman–Crippen LogP) is 0.781. The summed E-state index contributed by atoms with van der Waals surface area (Å²) in [7, 11) is 0. The summed E-state index contributed by atoms with van der Waals surface area (Å²) in [5, 5.41) is 3.60. The molecule has 2 aliphatic rings. The zero-order valence-corrected chi connectivity index (χ0v) is 12.0. The molecule has 1 N–H and O–H groups in total. The largest absolute Gasteiger partial charge is 0.379 e.